The molecular formula is C12H20N4O2. The van der Waals surface area contributed by atoms with Crippen molar-refractivity contribution in [2.75, 3.05) is 17.7 Å². The van der Waals surface area contributed by atoms with Crippen molar-refractivity contribution in [2.24, 2.45) is 0 Å². The van der Waals surface area contributed by atoms with Crippen LogP contribution in [0.5, 0.6) is 0 Å². The van der Waals surface area contributed by atoms with Gasteiger partial charge in [0.1, 0.15) is 5.82 Å². The average molecular weight is 252 g/mol. The molecule has 6 heteroatoms. The molecule has 0 aliphatic heterocycles. The summed E-state index contributed by atoms with van der Waals surface area (Å²) >= 11 is 0. The van der Waals surface area contributed by atoms with Crippen molar-refractivity contribution in [3.8, 4) is 0 Å². The van der Waals surface area contributed by atoms with Crippen molar-refractivity contribution in [1.82, 2.24) is 4.98 Å². The molecule has 0 atom stereocenters. The Balaban J connectivity index is 3.08. The van der Waals surface area contributed by atoms with Crippen LogP contribution in [0.2, 0.25) is 0 Å². The smallest absolute Gasteiger partial charge is 0.311 e. The largest absolute Gasteiger partial charge is 0.373 e. The topological polar surface area (TPSA) is 80.1 Å². The summed E-state index contributed by atoms with van der Waals surface area (Å²) in [4.78, 5) is 14.8. The Kier molecular flexibility index (Phi) is 4.47. The molecule has 0 aliphatic rings. The molecule has 0 bridgehead atoms. The van der Waals surface area contributed by atoms with Gasteiger partial charge in [-0.05, 0) is 26.3 Å². The number of nitro groups is 1. The molecule has 0 unspecified atom stereocenters. The first kappa shape index (κ1) is 14.2. The van der Waals surface area contributed by atoms with Gasteiger partial charge in [0, 0.05) is 18.7 Å². The van der Waals surface area contributed by atoms with Crippen LogP contribution in [0.15, 0.2) is 12.1 Å². The van der Waals surface area contributed by atoms with Crippen molar-refractivity contribution in [3.05, 3.63) is 22.2 Å². The van der Waals surface area contributed by atoms with Crippen LogP contribution in [-0.4, -0.2) is 22.5 Å². The quantitative estimate of drug-likeness (QED) is 0.601. The molecule has 100 valence electrons. The molecule has 0 fully saturated rings. The van der Waals surface area contributed by atoms with E-state index in [-0.39, 0.29) is 11.2 Å². The minimum atomic E-state index is -0.420. The maximum Gasteiger partial charge on any atom is 0.311 e. The number of aromatic nitrogens is 1. The molecule has 0 aromatic carbocycles. The maximum absolute atomic E-state index is 11.0. The lowest BCUT2D eigenvalue weighted by Crippen LogP contribution is -2.31. The number of nitrogens with one attached hydrogen (secondary N) is 2. The van der Waals surface area contributed by atoms with Crippen LogP contribution in [0.3, 0.4) is 0 Å². The van der Waals surface area contributed by atoms with Crippen LogP contribution in [0.4, 0.5) is 17.3 Å². The van der Waals surface area contributed by atoms with Crippen molar-refractivity contribution in [1.29, 1.82) is 0 Å². The summed E-state index contributed by atoms with van der Waals surface area (Å²) in [7, 11) is 1.73. The van der Waals surface area contributed by atoms with Crippen molar-refractivity contribution >= 4 is 17.3 Å². The van der Waals surface area contributed by atoms with Crippen molar-refractivity contribution < 1.29 is 4.92 Å². The molecule has 1 aromatic heterocycles. The third-order valence-corrected chi connectivity index (χ3v) is 2.66. The molecule has 0 saturated heterocycles. The maximum atomic E-state index is 11.0. The van der Waals surface area contributed by atoms with Crippen molar-refractivity contribution in [3.63, 3.8) is 0 Å². The van der Waals surface area contributed by atoms with Gasteiger partial charge in [-0.2, -0.15) is 0 Å². The van der Waals surface area contributed by atoms with Gasteiger partial charge in [-0.1, -0.05) is 13.3 Å². The predicted molar refractivity (Wildman–Crippen MR) is 73.0 cm³/mol. The Morgan fingerprint density at radius 3 is 2.61 bits per heavy atom. The lowest BCUT2D eigenvalue weighted by molar-refractivity contribution is -0.384. The van der Waals surface area contributed by atoms with Gasteiger partial charge in [0.05, 0.1) is 4.92 Å². The van der Waals surface area contributed by atoms with E-state index in [1.165, 1.54) is 6.07 Å². The lowest BCUT2D eigenvalue weighted by atomic mass is 9.99. The fraction of sp³-hybridized carbons (Fsp3) is 0.583. The highest BCUT2D eigenvalue weighted by atomic mass is 16.6. The number of rotatable bonds is 6. The zero-order valence-electron chi connectivity index (χ0n) is 11.3. The zero-order valence-corrected chi connectivity index (χ0v) is 11.3. The SMILES string of the molecule is CCCC(C)(C)Nc1nc(NC)ccc1[N+](=O)[O-]. The number of nitrogens with zero attached hydrogens (tertiary/aromatic N) is 2. The highest BCUT2D eigenvalue weighted by Crippen LogP contribution is 2.28. The van der Waals surface area contributed by atoms with E-state index in [4.69, 9.17) is 0 Å². The van der Waals surface area contributed by atoms with E-state index < -0.39 is 4.92 Å². The fourth-order valence-electron chi connectivity index (χ4n) is 1.84. The van der Waals surface area contributed by atoms with E-state index in [1.807, 2.05) is 13.8 Å². The third-order valence-electron chi connectivity index (χ3n) is 2.66. The third kappa shape index (κ3) is 3.58. The number of pyridine rings is 1. The second-order valence-electron chi connectivity index (χ2n) is 4.83. The summed E-state index contributed by atoms with van der Waals surface area (Å²) in [5.41, 5.74) is -0.225. The van der Waals surface area contributed by atoms with Gasteiger partial charge in [0.25, 0.3) is 0 Å². The van der Waals surface area contributed by atoms with Gasteiger partial charge in [0.2, 0.25) is 5.82 Å². The molecular weight excluding hydrogens is 232 g/mol. The Morgan fingerprint density at radius 2 is 2.11 bits per heavy atom. The normalized spacial score (nSPS) is 11.1. The average Bonchev–Trinajstić information content (AvgIpc) is 2.27. The summed E-state index contributed by atoms with van der Waals surface area (Å²) in [6, 6.07) is 3.05. The highest BCUT2D eigenvalue weighted by molar-refractivity contribution is 5.61. The van der Waals surface area contributed by atoms with Crippen LogP contribution in [0.1, 0.15) is 33.6 Å². The van der Waals surface area contributed by atoms with E-state index in [0.717, 1.165) is 12.8 Å². The molecule has 6 nitrogen and oxygen atoms in total. The first-order chi connectivity index (χ1) is 8.39. The number of hydrogen-bond donors (Lipinski definition) is 2. The van der Waals surface area contributed by atoms with E-state index in [2.05, 4.69) is 22.5 Å². The second-order valence-corrected chi connectivity index (χ2v) is 4.83. The summed E-state index contributed by atoms with van der Waals surface area (Å²) in [6.07, 6.45) is 1.91. The van der Waals surface area contributed by atoms with Gasteiger partial charge >= 0.3 is 5.69 Å². The van der Waals surface area contributed by atoms with Gasteiger partial charge in [0.15, 0.2) is 0 Å². The summed E-state index contributed by atoms with van der Waals surface area (Å²) < 4.78 is 0. The standard InChI is InChI=1S/C12H20N4O2/c1-5-8-12(2,3)15-11-9(16(17)18)6-7-10(13-4)14-11/h6-7H,5,8H2,1-4H3,(H2,13,14,15). The molecule has 18 heavy (non-hydrogen) atoms. The Morgan fingerprint density at radius 1 is 1.44 bits per heavy atom. The molecule has 0 spiro atoms. The fourth-order valence-corrected chi connectivity index (χ4v) is 1.84. The Labute approximate surface area is 107 Å². The zero-order chi connectivity index (χ0) is 13.8. The molecule has 0 amide bonds. The number of hydrogen-bond acceptors (Lipinski definition) is 5. The predicted octanol–water partition coefficient (Wildman–Crippen LogP) is 3.02. The lowest BCUT2D eigenvalue weighted by Gasteiger charge is -2.26. The van der Waals surface area contributed by atoms with Gasteiger partial charge in [-0.3, -0.25) is 10.1 Å². The van der Waals surface area contributed by atoms with E-state index in [9.17, 15) is 10.1 Å². The van der Waals surface area contributed by atoms with Crippen LogP contribution >= 0.6 is 0 Å². The summed E-state index contributed by atoms with van der Waals surface area (Å²) in [5, 5.41) is 17.0. The summed E-state index contributed by atoms with van der Waals surface area (Å²) in [5.74, 6) is 0.917. The molecule has 0 saturated carbocycles. The van der Waals surface area contributed by atoms with Gasteiger partial charge in [-0.25, -0.2) is 4.98 Å². The van der Waals surface area contributed by atoms with E-state index in [1.54, 1.807) is 13.1 Å². The van der Waals surface area contributed by atoms with E-state index in [0.29, 0.717) is 11.6 Å². The first-order valence-corrected chi connectivity index (χ1v) is 6.01. The monoisotopic (exact) mass is 252 g/mol. The van der Waals surface area contributed by atoms with Crippen LogP contribution in [0.25, 0.3) is 0 Å². The molecule has 1 aromatic rings. The molecule has 1 heterocycles. The molecule has 0 radical (unpaired) electrons. The Hall–Kier alpha value is -1.85. The minimum Gasteiger partial charge on any atom is -0.373 e. The van der Waals surface area contributed by atoms with Crippen molar-refractivity contribution in [2.45, 2.75) is 39.2 Å². The molecule has 2 N–H and O–H groups in total. The highest BCUT2D eigenvalue weighted by Gasteiger charge is 2.23. The Bertz CT molecular complexity index is 432. The van der Waals surface area contributed by atoms with E-state index >= 15 is 0 Å². The molecule has 0 aliphatic carbocycles. The van der Waals surface area contributed by atoms with Crippen LogP contribution in [0, 0.1) is 10.1 Å². The first-order valence-electron chi connectivity index (χ1n) is 6.01. The second kappa shape index (κ2) is 5.66. The number of anilines is 2. The summed E-state index contributed by atoms with van der Waals surface area (Å²) in [6.45, 7) is 6.09. The van der Waals surface area contributed by atoms with Crippen LogP contribution < -0.4 is 10.6 Å². The van der Waals surface area contributed by atoms with Gasteiger partial charge < -0.3 is 10.6 Å². The molecule has 1 rings (SSSR count). The van der Waals surface area contributed by atoms with Gasteiger partial charge in [-0.15, -0.1) is 0 Å². The van der Waals surface area contributed by atoms with Crippen LogP contribution in [-0.2, 0) is 0 Å². The minimum absolute atomic E-state index is 0.00169.